The first-order chi connectivity index (χ1) is 9.56. The summed E-state index contributed by atoms with van der Waals surface area (Å²) in [5.41, 5.74) is 11.7. The molecule has 0 aliphatic heterocycles. The predicted molar refractivity (Wildman–Crippen MR) is 81.9 cm³/mol. The Morgan fingerprint density at radius 3 is 2.55 bits per heavy atom. The number of benzene rings is 2. The van der Waals surface area contributed by atoms with Crippen LogP contribution in [0.3, 0.4) is 0 Å². The highest BCUT2D eigenvalue weighted by molar-refractivity contribution is 5.58. The molecule has 0 saturated heterocycles. The van der Waals surface area contributed by atoms with E-state index in [0.717, 1.165) is 23.2 Å². The largest absolute Gasteiger partial charge is 0.508 e. The average molecular weight is 268 g/mol. The van der Waals surface area contributed by atoms with Crippen LogP contribution in [0.15, 0.2) is 36.4 Å². The Hall–Kier alpha value is -2.00. The predicted octanol–water partition coefficient (Wildman–Crippen LogP) is 3.57. The van der Waals surface area contributed by atoms with E-state index in [9.17, 15) is 5.11 Å². The normalized spacial score (nSPS) is 20.8. The van der Waals surface area contributed by atoms with E-state index in [4.69, 9.17) is 5.73 Å². The summed E-state index contributed by atoms with van der Waals surface area (Å²) in [6, 6.07) is 12.5. The molecule has 0 bridgehead atoms. The lowest BCUT2D eigenvalue weighted by atomic mass is 10.1. The highest BCUT2D eigenvalue weighted by Gasteiger charge is 2.28. The van der Waals surface area contributed by atoms with E-state index in [1.165, 1.54) is 11.1 Å². The second kappa shape index (κ2) is 4.84. The molecule has 0 radical (unpaired) electrons. The molecule has 0 heterocycles. The highest BCUT2D eigenvalue weighted by atomic mass is 16.3. The molecule has 104 valence electrons. The molecule has 4 N–H and O–H groups in total. The van der Waals surface area contributed by atoms with Gasteiger partial charge >= 0.3 is 0 Å². The van der Waals surface area contributed by atoms with Gasteiger partial charge in [-0.1, -0.05) is 24.3 Å². The first-order valence-corrected chi connectivity index (χ1v) is 6.97. The standard InChI is InChI=1S/C17H20N2O/c1-10-8-17(20)11(2)7-15(10)19-16-9-14(18)12-5-3-4-6-13(12)16/h3-8,14,16,19-20H,9,18H2,1-2H3. The van der Waals surface area contributed by atoms with Crippen LogP contribution in [0.25, 0.3) is 0 Å². The maximum Gasteiger partial charge on any atom is 0.118 e. The number of fused-ring (bicyclic) bond motifs is 1. The summed E-state index contributed by atoms with van der Waals surface area (Å²) in [4.78, 5) is 0. The summed E-state index contributed by atoms with van der Waals surface area (Å²) in [6.45, 7) is 3.91. The molecular formula is C17H20N2O. The Morgan fingerprint density at radius 1 is 1.10 bits per heavy atom. The van der Waals surface area contributed by atoms with Crippen LogP contribution < -0.4 is 11.1 Å². The SMILES string of the molecule is Cc1cc(NC2CC(N)c3ccccc32)c(C)cc1O. The maximum atomic E-state index is 9.74. The van der Waals surface area contributed by atoms with E-state index in [1.54, 1.807) is 6.07 Å². The summed E-state index contributed by atoms with van der Waals surface area (Å²) < 4.78 is 0. The molecular weight excluding hydrogens is 248 g/mol. The fourth-order valence-corrected chi connectivity index (χ4v) is 2.95. The van der Waals surface area contributed by atoms with Crippen molar-refractivity contribution in [1.29, 1.82) is 0 Å². The van der Waals surface area contributed by atoms with E-state index < -0.39 is 0 Å². The summed E-state index contributed by atoms with van der Waals surface area (Å²) >= 11 is 0. The van der Waals surface area contributed by atoms with Crippen molar-refractivity contribution in [2.24, 2.45) is 5.73 Å². The first kappa shape index (κ1) is 13.0. The van der Waals surface area contributed by atoms with Crippen molar-refractivity contribution in [3.8, 4) is 5.75 Å². The van der Waals surface area contributed by atoms with Crippen molar-refractivity contribution in [3.63, 3.8) is 0 Å². The lowest BCUT2D eigenvalue weighted by molar-refractivity contribution is 0.470. The Labute approximate surface area is 119 Å². The molecule has 0 saturated carbocycles. The summed E-state index contributed by atoms with van der Waals surface area (Å²) in [5.74, 6) is 0.344. The molecule has 0 spiro atoms. The van der Waals surface area contributed by atoms with Gasteiger partial charge in [0.15, 0.2) is 0 Å². The third-order valence-corrected chi connectivity index (χ3v) is 4.13. The van der Waals surface area contributed by atoms with Gasteiger partial charge in [0.05, 0.1) is 6.04 Å². The zero-order valence-corrected chi connectivity index (χ0v) is 11.9. The number of nitrogens with one attached hydrogen (secondary N) is 1. The average Bonchev–Trinajstić information content (AvgIpc) is 2.74. The van der Waals surface area contributed by atoms with Gasteiger partial charge in [0.1, 0.15) is 5.75 Å². The van der Waals surface area contributed by atoms with E-state index in [-0.39, 0.29) is 12.1 Å². The number of phenolic OH excluding ortho intramolecular Hbond substituents is 1. The molecule has 1 aliphatic rings. The van der Waals surface area contributed by atoms with Crippen molar-refractivity contribution in [1.82, 2.24) is 0 Å². The van der Waals surface area contributed by atoms with Gasteiger partial charge in [-0.15, -0.1) is 0 Å². The number of nitrogens with two attached hydrogens (primary N) is 1. The maximum absolute atomic E-state index is 9.74. The Balaban J connectivity index is 1.92. The van der Waals surface area contributed by atoms with E-state index in [1.807, 2.05) is 26.0 Å². The molecule has 3 heteroatoms. The van der Waals surface area contributed by atoms with Gasteiger partial charge in [0, 0.05) is 11.7 Å². The number of phenols is 1. The van der Waals surface area contributed by atoms with Crippen molar-refractivity contribution < 1.29 is 5.11 Å². The molecule has 2 unspecified atom stereocenters. The number of rotatable bonds is 2. The van der Waals surface area contributed by atoms with Gasteiger partial charge in [0.25, 0.3) is 0 Å². The summed E-state index contributed by atoms with van der Waals surface area (Å²) in [6.07, 6.45) is 0.901. The number of anilines is 1. The number of hydrogen-bond acceptors (Lipinski definition) is 3. The van der Waals surface area contributed by atoms with Crippen LogP contribution in [0.1, 0.15) is 40.8 Å². The minimum atomic E-state index is 0.0993. The molecule has 2 aromatic carbocycles. The molecule has 2 atom stereocenters. The van der Waals surface area contributed by atoms with Crippen molar-refractivity contribution in [2.75, 3.05) is 5.32 Å². The highest BCUT2D eigenvalue weighted by Crippen LogP contribution is 2.40. The Morgan fingerprint density at radius 2 is 1.80 bits per heavy atom. The van der Waals surface area contributed by atoms with Gasteiger partial charge in [-0.3, -0.25) is 0 Å². The van der Waals surface area contributed by atoms with Crippen molar-refractivity contribution in [3.05, 3.63) is 58.7 Å². The molecule has 3 nitrogen and oxygen atoms in total. The van der Waals surface area contributed by atoms with Crippen LogP contribution in [0, 0.1) is 13.8 Å². The second-order valence-corrected chi connectivity index (χ2v) is 5.62. The van der Waals surface area contributed by atoms with Crippen LogP contribution in [0.4, 0.5) is 5.69 Å². The Kier molecular flexibility index (Phi) is 3.14. The third kappa shape index (κ3) is 2.14. The molecule has 20 heavy (non-hydrogen) atoms. The lowest BCUT2D eigenvalue weighted by Crippen LogP contribution is -2.10. The van der Waals surface area contributed by atoms with Gasteiger partial charge in [-0.25, -0.2) is 0 Å². The number of aromatic hydroxyl groups is 1. The van der Waals surface area contributed by atoms with Crippen LogP contribution >= 0.6 is 0 Å². The van der Waals surface area contributed by atoms with E-state index in [2.05, 4.69) is 23.5 Å². The zero-order valence-electron chi connectivity index (χ0n) is 11.9. The summed E-state index contributed by atoms with van der Waals surface area (Å²) in [7, 11) is 0. The topological polar surface area (TPSA) is 58.3 Å². The smallest absolute Gasteiger partial charge is 0.118 e. The monoisotopic (exact) mass is 268 g/mol. The molecule has 0 fully saturated rings. The van der Waals surface area contributed by atoms with Gasteiger partial charge in [-0.2, -0.15) is 0 Å². The molecule has 0 amide bonds. The van der Waals surface area contributed by atoms with E-state index >= 15 is 0 Å². The molecule has 3 rings (SSSR count). The van der Waals surface area contributed by atoms with Gasteiger partial charge in [-0.05, 0) is 54.7 Å². The quantitative estimate of drug-likeness (QED) is 0.730. The Bertz CT molecular complexity index is 651. The third-order valence-electron chi connectivity index (χ3n) is 4.13. The van der Waals surface area contributed by atoms with E-state index in [0.29, 0.717) is 5.75 Å². The fraction of sp³-hybridized carbons (Fsp3) is 0.294. The first-order valence-electron chi connectivity index (χ1n) is 6.97. The van der Waals surface area contributed by atoms with Crippen LogP contribution in [0.5, 0.6) is 5.75 Å². The molecule has 2 aromatic rings. The number of aryl methyl sites for hydroxylation is 2. The summed E-state index contributed by atoms with van der Waals surface area (Å²) in [5, 5.41) is 13.3. The lowest BCUT2D eigenvalue weighted by Gasteiger charge is -2.18. The fourth-order valence-electron chi connectivity index (χ4n) is 2.95. The second-order valence-electron chi connectivity index (χ2n) is 5.62. The van der Waals surface area contributed by atoms with Crippen molar-refractivity contribution >= 4 is 5.69 Å². The minimum absolute atomic E-state index is 0.0993. The van der Waals surface area contributed by atoms with Crippen LogP contribution in [-0.2, 0) is 0 Å². The minimum Gasteiger partial charge on any atom is -0.508 e. The van der Waals surface area contributed by atoms with Crippen LogP contribution in [-0.4, -0.2) is 5.11 Å². The molecule has 0 aromatic heterocycles. The van der Waals surface area contributed by atoms with Gasteiger partial charge in [0.2, 0.25) is 0 Å². The van der Waals surface area contributed by atoms with Gasteiger partial charge < -0.3 is 16.2 Å². The van der Waals surface area contributed by atoms with Crippen molar-refractivity contribution in [2.45, 2.75) is 32.4 Å². The zero-order chi connectivity index (χ0) is 14.3. The molecule has 1 aliphatic carbocycles. The van der Waals surface area contributed by atoms with Crippen LogP contribution in [0.2, 0.25) is 0 Å². The number of hydrogen-bond donors (Lipinski definition) is 3.